The second-order valence-corrected chi connectivity index (χ2v) is 7.23. The van der Waals surface area contributed by atoms with Crippen LogP contribution in [0.15, 0.2) is 12.1 Å². The predicted octanol–water partition coefficient (Wildman–Crippen LogP) is 1.87. The molecule has 2 saturated heterocycles. The Bertz CT molecular complexity index is 719. The van der Waals surface area contributed by atoms with Crippen molar-refractivity contribution in [1.82, 2.24) is 9.80 Å². The number of rotatable bonds is 5. The molecular formula is C19H26ClN3O4. The van der Waals surface area contributed by atoms with Crippen LogP contribution in [0.3, 0.4) is 0 Å². The summed E-state index contributed by atoms with van der Waals surface area (Å²) in [6.07, 6.45) is 0.209. The third-order valence-electron chi connectivity index (χ3n) is 5.35. The molecule has 27 heavy (non-hydrogen) atoms. The van der Waals surface area contributed by atoms with Crippen molar-refractivity contribution >= 4 is 29.1 Å². The van der Waals surface area contributed by atoms with Crippen LogP contribution in [0.2, 0.25) is 5.02 Å². The first-order chi connectivity index (χ1) is 13.0. The number of halogens is 1. The number of benzene rings is 1. The molecule has 2 aliphatic heterocycles. The standard InChI is InChI=1S/C19H26ClN3O4/c1-4-21-5-7-22(8-6-21)19(25)13-9-18(24)23(12-13)15-11-16(26-2)14(20)10-17(15)27-3/h10-11,13H,4-9,12H2,1-3H3. The third kappa shape index (κ3) is 3.99. The smallest absolute Gasteiger partial charge is 0.228 e. The molecule has 148 valence electrons. The van der Waals surface area contributed by atoms with Gasteiger partial charge in [-0.1, -0.05) is 18.5 Å². The monoisotopic (exact) mass is 395 g/mol. The van der Waals surface area contributed by atoms with E-state index in [0.29, 0.717) is 28.8 Å². The highest BCUT2D eigenvalue weighted by Gasteiger charge is 2.39. The summed E-state index contributed by atoms with van der Waals surface area (Å²) in [5.41, 5.74) is 0.579. The molecule has 1 atom stereocenters. The van der Waals surface area contributed by atoms with E-state index in [1.165, 1.54) is 14.2 Å². The van der Waals surface area contributed by atoms with Gasteiger partial charge in [0.15, 0.2) is 0 Å². The second-order valence-electron chi connectivity index (χ2n) is 6.82. The number of hydrogen-bond acceptors (Lipinski definition) is 5. The molecule has 8 heteroatoms. The normalized spacial score (nSPS) is 20.9. The summed E-state index contributed by atoms with van der Waals surface area (Å²) < 4.78 is 10.7. The lowest BCUT2D eigenvalue weighted by atomic mass is 10.1. The van der Waals surface area contributed by atoms with Crippen molar-refractivity contribution in [2.45, 2.75) is 13.3 Å². The SMILES string of the molecule is CCN1CCN(C(=O)C2CC(=O)N(c3cc(OC)c(Cl)cc3OC)C2)CC1. The topological polar surface area (TPSA) is 62.3 Å². The van der Waals surface area contributed by atoms with E-state index < -0.39 is 0 Å². The maximum Gasteiger partial charge on any atom is 0.228 e. The molecule has 2 amide bonds. The molecule has 0 bridgehead atoms. The maximum absolute atomic E-state index is 12.9. The molecule has 0 N–H and O–H groups in total. The Morgan fingerprint density at radius 2 is 1.81 bits per heavy atom. The molecule has 0 spiro atoms. The summed E-state index contributed by atoms with van der Waals surface area (Å²) in [6, 6.07) is 3.31. The van der Waals surface area contributed by atoms with Crippen LogP contribution in [0, 0.1) is 5.92 Å². The van der Waals surface area contributed by atoms with Crippen molar-refractivity contribution in [2.75, 3.05) is 58.4 Å². The first-order valence-electron chi connectivity index (χ1n) is 9.21. The molecule has 1 aromatic carbocycles. The van der Waals surface area contributed by atoms with E-state index in [-0.39, 0.29) is 24.2 Å². The van der Waals surface area contributed by atoms with E-state index >= 15 is 0 Å². The molecule has 1 unspecified atom stereocenters. The van der Waals surface area contributed by atoms with Gasteiger partial charge >= 0.3 is 0 Å². The fourth-order valence-electron chi connectivity index (χ4n) is 3.70. The van der Waals surface area contributed by atoms with Gasteiger partial charge in [-0.15, -0.1) is 0 Å². The van der Waals surface area contributed by atoms with E-state index in [0.717, 1.165) is 32.7 Å². The van der Waals surface area contributed by atoms with Gasteiger partial charge in [-0.3, -0.25) is 9.59 Å². The van der Waals surface area contributed by atoms with Crippen LogP contribution in [0.4, 0.5) is 5.69 Å². The van der Waals surface area contributed by atoms with E-state index in [1.54, 1.807) is 17.0 Å². The highest BCUT2D eigenvalue weighted by molar-refractivity contribution is 6.32. The molecule has 2 aliphatic rings. The number of hydrogen-bond donors (Lipinski definition) is 0. The Kier molecular flexibility index (Phi) is 6.11. The van der Waals surface area contributed by atoms with E-state index in [9.17, 15) is 9.59 Å². The lowest BCUT2D eigenvalue weighted by Crippen LogP contribution is -2.50. The highest BCUT2D eigenvalue weighted by atomic mass is 35.5. The zero-order chi connectivity index (χ0) is 19.6. The second kappa shape index (κ2) is 8.35. The molecule has 3 rings (SSSR count). The lowest BCUT2D eigenvalue weighted by molar-refractivity contribution is -0.137. The fraction of sp³-hybridized carbons (Fsp3) is 0.579. The first kappa shape index (κ1) is 19.8. The van der Waals surface area contributed by atoms with Crippen LogP contribution in [0.1, 0.15) is 13.3 Å². The summed E-state index contributed by atoms with van der Waals surface area (Å²) in [4.78, 5) is 31.3. The van der Waals surface area contributed by atoms with Crippen molar-refractivity contribution < 1.29 is 19.1 Å². The van der Waals surface area contributed by atoms with Crippen LogP contribution >= 0.6 is 11.6 Å². The van der Waals surface area contributed by atoms with Gasteiger partial charge in [-0.25, -0.2) is 0 Å². The van der Waals surface area contributed by atoms with E-state index in [1.807, 2.05) is 4.90 Å². The average molecular weight is 396 g/mol. The van der Waals surface area contributed by atoms with E-state index in [4.69, 9.17) is 21.1 Å². The zero-order valence-electron chi connectivity index (χ0n) is 16.0. The molecule has 2 heterocycles. The van der Waals surface area contributed by atoms with Gasteiger partial charge in [0.2, 0.25) is 11.8 Å². The van der Waals surface area contributed by atoms with Crippen molar-refractivity contribution in [2.24, 2.45) is 5.92 Å². The molecule has 0 aliphatic carbocycles. The molecule has 2 fully saturated rings. The number of nitrogens with zero attached hydrogens (tertiary/aromatic N) is 3. The number of carbonyl (C=O) groups is 2. The summed E-state index contributed by atoms with van der Waals surface area (Å²) in [5, 5.41) is 0.408. The number of ether oxygens (including phenoxy) is 2. The Morgan fingerprint density at radius 3 is 2.41 bits per heavy atom. The molecular weight excluding hydrogens is 370 g/mol. The van der Waals surface area contributed by atoms with Crippen LogP contribution in [0.25, 0.3) is 0 Å². The van der Waals surface area contributed by atoms with Gasteiger partial charge in [0.1, 0.15) is 11.5 Å². The van der Waals surface area contributed by atoms with Crippen LogP contribution in [0.5, 0.6) is 11.5 Å². The Hall–Kier alpha value is -1.99. The summed E-state index contributed by atoms with van der Waals surface area (Å²) in [6.45, 7) is 6.66. The van der Waals surface area contributed by atoms with Gasteiger partial charge in [0.25, 0.3) is 0 Å². The minimum Gasteiger partial charge on any atom is -0.495 e. The largest absolute Gasteiger partial charge is 0.495 e. The number of anilines is 1. The molecule has 7 nitrogen and oxygen atoms in total. The van der Waals surface area contributed by atoms with Crippen LogP contribution in [-0.2, 0) is 9.59 Å². The van der Waals surface area contributed by atoms with Gasteiger partial charge in [-0.05, 0) is 6.54 Å². The average Bonchev–Trinajstić information content (AvgIpc) is 3.08. The molecule has 0 aromatic heterocycles. The third-order valence-corrected chi connectivity index (χ3v) is 5.64. The Labute approximate surface area is 164 Å². The number of likely N-dealkylation sites (N-methyl/N-ethyl adjacent to an activating group) is 1. The van der Waals surface area contributed by atoms with E-state index in [2.05, 4.69) is 11.8 Å². The molecule has 0 radical (unpaired) electrons. The minimum absolute atomic E-state index is 0.0569. The summed E-state index contributed by atoms with van der Waals surface area (Å²) in [5.74, 6) is 0.575. The van der Waals surface area contributed by atoms with Gasteiger partial charge in [0.05, 0.1) is 30.8 Å². The Balaban J connectivity index is 1.75. The minimum atomic E-state index is -0.336. The van der Waals surface area contributed by atoms with Gasteiger partial charge in [0, 0.05) is 51.3 Å². The predicted molar refractivity (Wildman–Crippen MR) is 104 cm³/mol. The first-order valence-corrected chi connectivity index (χ1v) is 9.59. The lowest BCUT2D eigenvalue weighted by Gasteiger charge is -2.35. The summed E-state index contributed by atoms with van der Waals surface area (Å²) >= 11 is 6.15. The highest BCUT2D eigenvalue weighted by Crippen LogP contribution is 2.40. The fourth-order valence-corrected chi connectivity index (χ4v) is 3.93. The van der Waals surface area contributed by atoms with Crippen LogP contribution < -0.4 is 14.4 Å². The number of piperazine rings is 1. The summed E-state index contributed by atoms with van der Waals surface area (Å²) in [7, 11) is 3.05. The van der Waals surface area contributed by atoms with Crippen molar-refractivity contribution in [3.05, 3.63) is 17.2 Å². The van der Waals surface area contributed by atoms with Gasteiger partial charge in [-0.2, -0.15) is 0 Å². The van der Waals surface area contributed by atoms with Crippen molar-refractivity contribution in [3.63, 3.8) is 0 Å². The number of amides is 2. The Morgan fingerprint density at radius 1 is 1.15 bits per heavy atom. The quantitative estimate of drug-likeness (QED) is 0.761. The zero-order valence-corrected chi connectivity index (χ0v) is 16.8. The number of carbonyl (C=O) groups excluding carboxylic acids is 2. The van der Waals surface area contributed by atoms with Gasteiger partial charge < -0.3 is 24.2 Å². The molecule has 1 aromatic rings. The van der Waals surface area contributed by atoms with Crippen LogP contribution in [-0.4, -0.2) is 75.1 Å². The van der Waals surface area contributed by atoms with Crippen molar-refractivity contribution in [1.29, 1.82) is 0 Å². The molecule has 0 saturated carbocycles. The maximum atomic E-state index is 12.9. The van der Waals surface area contributed by atoms with Crippen molar-refractivity contribution in [3.8, 4) is 11.5 Å². The number of methoxy groups -OCH3 is 2.